The number of nitrogens with one attached hydrogen (secondary N) is 1. The van der Waals surface area contributed by atoms with Gasteiger partial charge in [-0.2, -0.15) is 0 Å². The standard InChI is InChI=1S/C21H34N6O5S/c1-15(22)23-8-4-6-16(19(29)20-24-9-13-33-20)25-18(28)14-27-11-10-26(2)17(21(27)30)7-5-12-32-31-3/h9,13,16-17H,4-8,10-12,14H2,1-3H3,(H2,22,23)(H,25,28)/t16-,17+/m0/s1. The third kappa shape index (κ3) is 8.80. The molecule has 2 amide bonds. The van der Waals surface area contributed by atoms with Gasteiger partial charge in [0.15, 0.2) is 5.01 Å². The van der Waals surface area contributed by atoms with Crippen molar-refractivity contribution in [3.05, 3.63) is 16.6 Å². The smallest absolute Gasteiger partial charge is 0.240 e. The van der Waals surface area contributed by atoms with E-state index < -0.39 is 6.04 Å². The SMILES string of the molecule is COOCCC[C@@H]1C(=O)N(CC(=O)N[C@@H](CCCN=C(C)N)C(=O)c2nccs2)CCN1C. The third-order valence-electron chi connectivity index (χ3n) is 5.32. The number of rotatable bonds is 14. The largest absolute Gasteiger partial charge is 0.388 e. The number of amides is 2. The molecule has 12 heteroatoms. The fourth-order valence-corrected chi connectivity index (χ4v) is 4.22. The van der Waals surface area contributed by atoms with Crippen molar-refractivity contribution < 1.29 is 24.2 Å². The van der Waals surface area contributed by atoms with Crippen molar-refractivity contribution in [1.82, 2.24) is 20.1 Å². The van der Waals surface area contributed by atoms with Gasteiger partial charge in [-0.1, -0.05) is 0 Å². The van der Waals surface area contributed by atoms with Gasteiger partial charge in [-0.25, -0.2) is 14.8 Å². The molecule has 0 bridgehead atoms. The second-order valence-corrected chi connectivity index (χ2v) is 8.77. The van der Waals surface area contributed by atoms with E-state index in [2.05, 4.69) is 20.2 Å². The van der Waals surface area contributed by atoms with E-state index in [1.54, 1.807) is 23.4 Å². The molecule has 0 spiro atoms. The predicted molar refractivity (Wildman–Crippen MR) is 125 cm³/mol. The molecule has 0 radical (unpaired) electrons. The minimum Gasteiger partial charge on any atom is -0.388 e. The van der Waals surface area contributed by atoms with Crippen LogP contribution in [0.25, 0.3) is 0 Å². The second kappa shape index (κ2) is 14.0. The molecule has 1 aromatic rings. The molecule has 3 N–H and O–H groups in total. The summed E-state index contributed by atoms with van der Waals surface area (Å²) in [6.07, 6.45) is 3.79. The zero-order chi connectivity index (χ0) is 24.2. The van der Waals surface area contributed by atoms with E-state index in [1.807, 2.05) is 11.9 Å². The lowest BCUT2D eigenvalue weighted by Crippen LogP contribution is -2.58. The molecule has 0 unspecified atom stereocenters. The molecule has 0 aliphatic carbocycles. The van der Waals surface area contributed by atoms with Crippen molar-refractivity contribution >= 4 is 34.8 Å². The number of nitrogens with two attached hydrogens (primary N) is 1. The number of aliphatic imine (C=N–C) groups is 1. The number of thiazole rings is 1. The fraction of sp³-hybridized carbons (Fsp3) is 0.667. The Morgan fingerprint density at radius 3 is 2.85 bits per heavy atom. The second-order valence-electron chi connectivity index (χ2n) is 7.87. The Balaban J connectivity index is 1.96. The summed E-state index contributed by atoms with van der Waals surface area (Å²) in [6, 6.07) is -1.06. The molecule has 1 saturated heterocycles. The van der Waals surface area contributed by atoms with Gasteiger partial charge in [-0.15, -0.1) is 11.3 Å². The summed E-state index contributed by atoms with van der Waals surface area (Å²) in [6.45, 7) is 3.56. The first-order valence-corrected chi connectivity index (χ1v) is 11.9. The van der Waals surface area contributed by atoms with Gasteiger partial charge in [-0.05, 0) is 39.7 Å². The summed E-state index contributed by atoms with van der Waals surface area (Å²) in [5.74, 6) is -0.249. The fourth-order valence-electron chi connectivity index (χ4n) is 3.59. The minimum absolute atomic E-state index is 0.0978. The van der Waals surface area contributed by atoms with Crippen LogP contribution in [0.2, 0.25) is 0 Å². The highest BCUT2D eigenvalue weighted by molar-refractivity contribution is 7.11. The van der Waals surface area contributed by atoms with Crippen molar-refractivity contribution in [2.24, 2.45) is 10.7 Å². The Labute approximate surface area is 198 Å². The van der Waals surface area contributed by atoms with Crippen molar-refractivity contribution in [1.29, 1.82) is 0 Å². The monoisotopic (exact) mass is 482 g/mol. The van der Waals surface area contributed by atoms with Crippen LogP contribution in [0.1, 0.15) is 42.4 Å². The zero-order valence-corrected chi connectivity index (χ0v) is 20.3. The highest BCUT2D eigenvalue weighted by atomic mass is 32.1. The van der Waals surface area contributed by atoms with Crippen LogP contribution in [0.3, 0.4) is 0 Å². The van der Waals surface area contributed by atoms with Gasteiger partial charge in [0, 0.05) is 31.2 Å². The van der Waals surface area contributed by atoms with Gasteiger partial charge < -0.3 is 16.0 Å². The van der Waals surface area contributed by atoms with Gasteiger partial charge in [0.05, 0.1) is 38.2 Å². The Bertz CT molecular complexity index is 799. The number of hydrogen-bond acceptors (Lipinski definition) is 9. The van der Waals surface area contributed by atoms with Gasteiger partial charge in [0.2, 0.25) is 17.6 Å². The molecular weight excluding hydrogens is 448 g/mol. The summed E-state index contributed by atoms with van der Waals surface area (Å²) >= 11 is 1.23. The molecule has 2 rings (SSSR count). The van der Waals surface area contributed by atoms with Crippen molar-refractivity contribution in [3.8, 4) is 0 Å². The minimum atomic E-state index is -0.735. The van der Waals surface area contributed by atoms with Crippen molar-refractivity contribution in [3.63, 3.8) is 0 Å². The molecule has 1 aliphatic rings. The Morgan fingerprint density at radius 1 is 1.39 bits per heavy atom. The number of Topliss-reactive ketones (excluding diaryl/α,β-unsaturated/α-hetero) is 1. The maximum absolute atomic E-state index is 12.9. The molecular formula is C21H34N6O5S. The topological polar surface area (TPSA) is 139 Å². The van der Waals surface area contributed by atoms with Crippen LogP contribution >= 0.6 is 11.3 Å². The van der Waals surface area contributed by atoms with Crippen LogP contribution < -0.4 is 11.1 Å². The number of carbonyl (C=O) groups is 3. The molecule has 2 atom stereocenters. The molecule has 2 heterocycles. The first-order chi connectivity index (χ1) is 15.8. The van der Waals surface area contributed by atoms with E-state index in [1.165, 1.54) is 18.4 Å². The number of carbonyl (C=O) groups excluding carboxylic acids is 3. The van der Waals surface area contributed by atoms with E-state index in [9.17, 15) is 14.4 Å². The number of aromatic nitrogens is 1. The highest BCUT2D eigenvalue weighted by Crippen LogP contribution is 2.15. The van der Waals surface area contributed by atoms with Gasteiger partial charge in [0.1, 0.15) is 0 Å². The molecule has 0 saturated carbocycles. The summed E-state index contributed by atoms with van der Waals surface area (Å²) in [4.78, 5) is 59.8. The third-order valence-corrected chi connectivity index (χ3v) is 6.10. The van der Waals surface area contributed by atoms with Crippen LogP contribution in [-0.4, -0.2) is 97.2 Å². The molecule has 1 aromatic heterocycles. The predicted octanol–water partition coefficient (Wildman–Crippen LogP) is 0.469. The van der Waals surface area contributed by atoms with E-state index in [0.717, 1.165) is 0 Å². The number of nitrogens with zero attached hydrogens (tertiary/aromatic N) is 4. The lowest BCUT2D eigenvalue weighted by atomic mass is 10.1. The summed E-state index contributed by atoms with van der Waals surface area (Å²) in [7, 11) is 3.34. The van der Waals surface area contributed by atoms with Crippen molar-refractivity contribution in [2.45, 2.75) is 44.7 Å². The number of ketones is 1. The van der Waals surface area contributed by atoms with Gasteiger partial charge >= 0.3 is 0 Å². The normalized spacial score (nSPS) is 18.4. The summed E-state index contributed by atoms with van der Waals surface area (Å²) in [5, 5.41) is 4.86. The lowest BCUT2D eigenvalue weighted by Gasteiger charge is -2.38. The Morgan fingerprint density at radius 2 is 2.18 bits per heavy atom. The number of likely N-dealkylation sites (N-methyl/N-ethyl adjacent to an activating group) is 1. The van der Waals surface area contributed by atoms with Crippen LogP contribution in [0.4, 0.5) is 0 Å². The lowest BCUT2D eigenvalue weighted by molar-refractivity contribution is -0.273. The molecule has 0 aromatic carbocycles. The molecule has 1 aliphatic heterocycles. The average molecular weight is 483 g/mol. The van der Waals surface area contributed by atoms with Crippen molar-refractivity contribution in [2.75, 3.05) is 46.9 Å². The van der Waals surface area contributed by atoms with E-state index in [4.69, 9.17) is 10.6 Å². The van der Waals surface area contributed by atoms with E-state index in [-0.39, 0.29) is 30.2 Å². The van der Waals surface area contributed by atoms with Crippen LogP contribution in [-0.2, 0) is 19.4 Å². The van der Waals surface area contributed by atoms with E-state index in [0.29, 0.717) is 62.8 Å². The Hall–Kier alpha value is -2.41. The van der Waals surface area contributed by atoms with Gasteiger partial charge in [-0.3, -0.25) is 24.3 Å². The summed E-state index contributed by atoms with van der Waals surface area (Å²) in [5.41, 5.74) is 5.56. The molecule has 11 nitrogen and oxygen atoms in total. The van der Waals surface area contributed by atoms with Crippen LogP contribution in [0.15, 0.2) is 16.6 Å². The maximum atomic E-state index is 12.9. The van der Waals surface area contributed by atoms with E-state index >= 15 is 0 Å². The maximum Gasteiger partial charge on any atom is 0.240 e. The first kappa shape index (κ1) is 26.8. The average Bonchev–Trinajstić information content (AvgIpc) is 3.31. The number of piperazine rings is 1. The summed E-state index contributed by atoms with van der Waals surface area (Å²) < 4.78 is 0. The zero-order valence-electron chi connectivity index (χ0n) is 19.5. The quantitative estimate of drug-likeness (QED) is 0.0974. The van der Waals surface area contributed by atoms with Crippen LogP contribution in [0.5, 0.6) is 0 Å². The first-order valence-electron chi connectivity index (χ1n) is 11.0. The van der Waals surface area contributed by atoms with Gasteiger partial charge in [0.25, 0.3) is 0 Å². The molecule has 33 heavy (non-hydrogen) atoms. The number of amidine groups is 1. The van der Waals surface area contributed by atoms with Crippen LogP contribution in [0, 0.1) is 0 Å². The molecule has 1 fully saturated rings. The number of hydrogen-bond donors (Lipinski definition) is 2. The Kier molecular flexibility index (Phi) is 11.4. The molecule has 184 valence electrons. The highest BCUT2D eigenvalue weighted by Gasteiger charge is 2.34.